The maximum absolute atomic E-state index is 13.1. The molecule has 19 heavy (non-hydrogen) atoms. The standard InChI is InChI=1S/C15H16F2N2/c1-19(9-11-2-5-13(18)6-3-11)10-12-4-7-14(16)15(17)8-12/h2-8H,9-10,18H2,1H3. The van der Waals surface area contributed by atoms with Crippen LogP contribution in [-0.4, -0.2) is 11.9 Å². The highest BCUT2D eigenvalue weighted by atomic mass is 19.2. The van der Waals surface area contributed by atoms with Crippen LogP contribution in [0.1, 0.15) is 11.1 Å². The number of halogens is 2. The number of nitrogens with two attached hydrogens (primary N) is 1. The van der Waals surface area contributed by atoms with Gasteiger partial charge < -0.3 is 5.73 Å². The Hall–Kier alpha value is -1.94. The van der Waals surface area contributed by atoms with Crippen LogP contribution >= 0.6 is 0 Å². The van der Waals surface area contributed by atoms with Crippen LogP contribution in [0.5, 0.6) is 0 Å². The highest BCUT2D eigenvalue weighted by Gasteiger charge is 2.05. The second-order valence-corrected chi connectivity index (χ2v) is 4.66. The number of anilines is 1. The van der Waals surface area contributed by atoms with Crippen molar-refractivity contribution in [2.45, 2.75) is 13.1 Å². The molecule has 100 valence electrons. The summed E-state index contributed by atoms with van der Waals surface area (Å²) in [4.78, 5) is 2.03. The van der Waals surface area contributed by atoms with Crippen molar-refractivity contribution < 1.29 is 8.78 Å². The summed E-state index contributed by atoms with van der Waals surface area (Å²) in [5, 5.41) is 0. The van der Waals surface area contributed by atoms with Gasteiger partial charge in [-0.05, 0) is 42.4 Å². The molecule has 0 unspecified atom stereocenters. The summed E-state index contributed by atoms with van der Waals surface area (Å²) in [6.07, 6.45) is 0. The molecule has 0 saturated heterocycles. The highest BCUT2D eigenvalue weighted by Crippen LogP contribution is 2.13. The first-order valence-electron chi connectivity index (χ1n) is 6.01. The molecule has 0 saturated carbocycles. The van der Waals surface area contributed by atoms with Gasteiger partial charge in [0.2, 0.25) is 0 Å². The van der Waals surface area contributed by atoms with E-state index in [1.54, 1.807) is 6.07 Å². The third-order valence-electron chi connectivity index (χ3n) is 2.87. The molecule has 2 N–H and O–H groups in total. The van der Waals surface area contributed by atoms with Gasteiger partial charge in [-0.25, -0.2) is 8.78 Å². The van der Waals surface area contributed by atoms with Gasteiger partial charge in [0.25, 0.3) is 0 Å². The average Bonchev–Trinajstić information content (AvgIpc) is 2.37. The van der Waals surface area contributed by atoms with Crippen LogP contribution in [0, 0.1) is 11.6 Å². The van der Waals surface area contributed by atoms with Gasteiger partial charge in [-0.1, -0.05) is 18.2 Å². The first-order valence-corrected chi connectivity index (χ1v) is 6.01. The fraction of sp³-hybridized carbons (Fsp3) is 0.200. The first-order chi connectivity index (χ1) is 9.04. The van der Waals surface area contributed by atoms with Gasteiger partial charge in [0.15, 0.2) is 11.6 Å². The van der Waals surface area contributed by atoms with Gasteiger partial charge in [-0.3, -0.25) is 4.90 Å². The lowest BCUT2D eigenvalue weighted by molar-refractivity contribution is 0.318. The Balaban J connectivity index is 1.98. The summed E-state index contributed by atoms with van der Waals surface area (Å²) >= 11 is 0. The zero-order valence-corrected chi connectivity index (χ0v) is 10.7. The minimum atomic E-state index is -0.815. The molecular weight excluding hydrogens is 246 g/mol. The van der Waals surface area contributed by atoms with E-state index in [0.717, 1.165) is 29.4 Å². The van der Waals surface area contributed by atoms with E-state index < -0.39 is 11.6 Å². The molecular formula is C15H16F2N2. The van der Waals surface area contributed by atoms with Crippen molar-refractivity contribution in [2.75, 3.05) is 12.8 Å². The molecule has 0 heterocycles. The van der Waals surface area contributed by atoms with E-state index in [4.69, 9.17) is 5.73 Å². The SMILES string of the molecule is CN(Cc1ccc(N)cc1)Cc1ccc(F)c(F)c1. The molecule has 0 aliphatic carbocycles. The Labute approximate surface area is 111 Å². The lowest BCUT2D eigenvalue weighted by Crippen LogP contribution is -2.17. The minimum Gasteiger partial charge on any atom is -0.399 e. The maximum atomic E-state index is 13.1. The van der Waals surface area contributed by atoms with Crippen LogP contribution in [-0.2, 0) is 13.1 Å². The van der Waals surface area contributed by atoms with Gasteiger partial charge in [0.05, 0.1) is 0 Å². The zero-order valence-electron chi connectivity index (χ0n) is 10.7. The Morgan fingerprint density at radius 1 is 0.895 bits per heavy atom. The van der Waals surface area contributed by atoms with Crippen LogP contribution in [0.25, 0.3) is 0 Å². The molecule has 0 aliphatic heterocycles. The van der Waals surface area contributed by atoms with E-state index in [-0.39, 0.29) is 0 Å². The smallest absolute Gasteiger partial charge is 0.159 e. The maximum Gasteiger partial charge on any atom is 0.159 e. The Kier molecular flexibility index (Phi) is 4.12. The van der Waals surface area contributed by atoms with Crippen molar-refractivity contribution in [1.82, 2.24) is 4.90 Å². The molecule has 0 aromatic heterocycles. The first kappa shape index (κ1) is 13.5. The average molecular weight is 262 g/mol. The van der Waals surface area contributed by atoms with Crippen molar-refractivity contribution in [1.29, 1.82) is 0 Å². The number of nitrogens with zero attached hydrogens (tertiary/aromatic N) is 1. The van der Waals surface area contributed by atoms with Crippen LogP contribution in [0.3, 0.4) is 0 Å². The van der Waals surface area contributed by atoms with Crippen molar-refractivity contribution in [2.24, 2.45) is 0 Å². The summed E-state index contributed by atoms with van der Waals surface area (Å²) in [6, 6.07) is 11.6. The summed E-state index contributed by atoms with van der Waals surface area (Å²) in [6.45, 7) is 1.28. The van der Waals surface area contributed by atoms with Crippen LogP contribution in [0.4, 0.5) is 14.5 Å². The van der Waals surface area contributed by atoms with E-state index in [2.05, 4.69) is 0 Å². The largest absolute Gasteiger partial charge is 0.399 e. The van der Waals surface area contributed by atoms with Crippen LogP contribution < -0.4 is 5.73 Å². The number of hydrogen-bond acceptors (Lipinski definition) is 2. The number of hydrogen-bond donors (Lipinski definition) is 1. The van der Waals surface area contributed by atoms with E-state index in [9.17, 15) is 8.78 Å². The molecule has 0 spiro atoms. The fourth-order valence-electron chi connectivity index (χ4n) is 1.94. The van der Waals surface area contributed by atoms with E-state index in [1.807, 2.05) is 36.2 Å². The van der Waals surface area contributed by atoms with Crippen molar-refractivity contribution in [3.63, 3.8) is 0 Å². The summed E-state index contributed by atoms with van der Waals surface area (Å²) in [7, 11) is 1.93. The lowest BCUT2D eigenvalue weighted by atomic mass is 10.1. The van der Waals surface area contributed by atoms with E-state index >= 15 is 0 Å². The minimum absolute atomic E-state index is 0.557. The zero-order chi connectivity index (χ0) is 13.8. The monoisotopic (exact) mass is 262 g/mol. The second kappa shape index (κ2) is 5.80. The van der Waals surface area contributed by atoms with E-state index in [1.165, 1.54) is 6.07 Å². The Morgan fingerprint density at radius 2 is 1.47 bits per heavy atom. The van der Waals surface area contributed by atoms with Gasteiger partial charge in [-0.15, -0.1) is 0 Å². The lowest BCUT2D eigenvalue weighted by Gasteiger charge is -2.17. The van der Waals surface area contributed by atoms with Gasteiger partial charge in [0.1, 0.15) is 0 Å². The van der Waals surface area contributed by atoms with Gasteiger partial charge in [-0.2, -0.15) is 0 Å². The van der Waals surface area contributed by atoms with Gasteiger partial charge in [0, 0.05) is 18.8 Å². The Morgan fingerprint density at radius 3 is 2.11 bits per heavy atom. The fourth-order valence-corrected chi connectivity index (χ4v) is 1.94. The normalized spacial score (nSPS) is 10.9. The van der Waals surface area contributed by atoms with Crippen molar-refractivity contribution in [3.05, 3.63) is 65.2 Å². The summed E-state index contributed by atoms with van der Waals surface area (Å²) in [5.74, 6) is -1.62. The molecule has 2 aromatic rings. The number of benzene rings is 2. The Bertz CT molecular complexity index is 553. The van der Waals surface area contributed by atoms with Crippen molar-refractivity contribution in [3.8, 4) is 0 Å². The van der Waals surface area contributed by atoms with Gasteiger partial charge >= 0.3 is 0 Å². The second-order valence-electron chi connectivity index (χ2n) is 4.66. The van der Waals surface area contributed by atoms with Crippen LogP contribution in [0.2, 0.25) is 0 Å². The molecule has 2 nitrogen and oxygen atoms in total. The molecule has 0 atom stereocenters. The van der Waals surface area contributed by atoms with Crippen molar-refractivity contribution >= 4 is 5.69 Å². The predicted octanol–water partition coefficient (Wildman–Crippen LogP) is 3.18. The quantitative estimate of drug-likeness (QED) is 0.857. The summed E-state index contributed by atoms with van der Waals surface area (Å²) < 4.78 is 25.9. The molecule has 0 amide bonds. The third-order valence-corrected chi connectivity index (χ3v) is 2.87. The molecule has 2 rings (SSSR count). The molecule has 2 aromatic carbocycles. The van der Waals surface area contributed by atoms with Crippen LogP contribution in [0.15, 0.2) is 42.5 Å². The van der Waals surface area contributed by atoms with E-state index in [0.29, 0.717) is 6.54 Å². The number of rotatable bonds is 4. The molecule has 0 aliphatic rings. The molecule has 0 fully saturated rings. The molecule has 4 heteroatoms. The third kappa shape index (κ3) is 3.76. The topological polar surface area (TPSA) is 29.3 Å². The summed E-state index contributed by atoms with van der Waals surface area (Å²) in [5.41, 5.74) is 8.22. The molecule has 0 radical (unpaired) electrons. The highest BCUT2D eigenvalue weighted by molar-refractivity contribution is 5.39. The predicted molar refractivity (Wildman–Crippen MR) is 72.4 cm³/mol. The number of nitrogen functional groups attached to an aromatic ring is 1. The molecule has 0 bridgehead atoms.